The Labute approximate surface area is 115 Å². The molecule has 0 aromatic heterocycles. The molecule has 0 saturated heterocycles. The highest BCUT2D eigenvalue weighted by Gasteiger charge is 2.24. The van der Waals surface area contributed by atoms with Crippen LogP contribution >= 0.6 is 0 Å². The van der Waals surface area contributed by atoms with E-state index in [1.165, 1.54) is 0 Å². The zero-order valence-electron chi connectivity index (χ0n) is 12.0. The van der Waals surface area contributed by atoms with Gasteiger partial charge in [0, 0.05) is 11.3 Å². The monoisotopic (exact) mass is 265 g/mol. The molecule has 0 spiro atoms. The van der Waals surface area contributed by atoms with Gasteiger partial charge in [-0.05, 0) is 12.0 Å². The number of Topliss-reactive ketones (excluding diaryl/α,β-unsaturated/α-hetero) is 1. The van der Waals surface area contributed by atoms with Gasteiger partial charge in [0.15, 0.2) is 0 Å². The van der Waals surface area contributed by atoms with Crippen LogP contribution in [0.2, 0.25) is 0 Å². The molecule has 0 aliphatic carbocycles. The Morgan fingerprint density at radius 2 is 1.84 bits per heavy atom. The Balaban J connectivity index is 0.00000154. The zero-order chi connectivity index (χ0) is 14.7. The summed E-state index contributed by atoms with van der Waals surface area (Å²) >= 11 is 0. The van der Waals surface area contributed by atoms with Crippen LogP contribution in [-0.4, -0.2) is 17.3 Å². The number of benzene rings is 1. The molecule has 1 aromatic rings. The van der Waals surface area contributed by atoms with Crippen molar-refractivity contribution in [3.8, 4) is 0 Å². The SMILES string of the molecule is CC.CCCCC(=O)[C@@H](C[N+](=O)[O-])c1ccccc1. The maximum absolute atomic E-state index is 11.9. The minimum absolute atomic E-state index is 0.0326. The third-order valence-electron chi connectivity index (χ3n) is 2.70. The van der Waals surface area contributed by atoms with Crippen molar-refractivity contribution in [2.24, 2.45) is 0 Å². The maximum atomic E-state index is 11.9. The standard InChI is InChI=1S/C13H17NO3.C2H6/c1-2-3-9-13(15)12(10-14(16)17)11-7-5-4-6-8-11;1-2/h4-8,12H,2-3,9-10H2,1H3;1-2H3/t12-;/m0./s1. The van der Waals surface area contributed by atoms with Gasteiger partial charge < -0.3 is 0 Å². The number of hydrogen-bond donors (Lipinski definition) is 0. The number of carbonyl (C=O) groups excluding carboxylic acids is 1. The Morgan fingerprint density at radius 3 is 2.32 bits per heavy atom. The molecule has 106 valence electrons. The zero-order valence-corrected chi connectivity index (χ0v) is 12.0. The van der Waals surface area contributed by atoms with E-state index in [1.807, 2.05) is 26.8 Å². The lowest BCUT2D eigenvalue weighted by atomic mass is 9.92. The average Bonchev–Trinajstić information content (AvgIpc) is 2.45. The highest BCUT2D eigenvalue weighted by molar-refractivity contribution is 5.85. The first kappa shape index (κ1) is 17.3. The van der Waals surface area contributed by atoms with E-state index in [0.29, 0.717) is 6.42 Å². The molecule has 0 bridgehead atoms. The van der Waals surface area contributed by atoms with Gasteiger partial charge in [0.1, 0.15) is 11.7 Å². The van der Waals surface area contributed by atoms with Crippen molar-refractivity contribution in [1.82, 2.24) is 0 Å². The van der Waals surface area contributed by atoms with E-state index in [9.17, 15) is 14.9 Å². The molecular formula is C15H23NO3. The van der Waals surface area contributed by atoms with Gasteiger partial charge in [0.05, 0.1) is 0 Å². The molecule has 0 N–H and O–H groups in total. The van der Waals surface area contributed by atoms with E-state index in [1.54, 1.807) is 24.3 Å². The number of unbranched alkanes of at least 4 members (excludes halogenated alkanes) is 1. The molecule has 0 aliphatic rings. The molecule has 0 radical (unpaired) electrons. The van der Waals surface area contributed by atoms with Gasteiger partial charge in [-0.15, -0.1) is 0 Å². The summed E-state index contributed by atoms with van der Waals surface area (Å²) < 4.78 is 0. The van der Waals surface area contributed by atoms with E-state index in [0.717, 1.165) is 18.4 Å². The number of ketones is 1. The van der Waals surface area contributed by atoms with Crippen LogP contribution in [0.15, 0.2) is 30.3 Å². The lowest BCUT2D eigenvalue weighted by Gasteiger charge is -2.11. The number of nitrogens with zero attached hydrogens (tertiary/aromatic N) is 1. The second kappa shape index (κ2) is 10.2. The predicted molar refractivity (Wildman–Crippen MR) is 76.9 cm³/mol. The van der Waals surface area contributed by atoms with Crippen molar-refractivity contribution in [2.75, 3.05) is 6.54 Å². The molecule has 0 saturated carbocycles. The summed E-state index contributed by atoms with van der Waals surface area (Å²) in [6.45, 7) is 5.69. The Kier molecular flexibility index (Phi) is 9.31. The van der Waals surface area contributed by atoms with Gasteiger partial charge in [0.25, 0.3) is 0 Å². The number of rotatable bonds is 7. The van der Waals surface area contributed by atoms with Gasteiger partial charge in [0.2, 0.25) is 6.54 Å². The normalized spacial score (nSPS) is 11.1. The molecule has 0 amide bonds. The van der Waals surface area contributed by atoms with Crippen molar-refractivity contribution in [3.63, 3.8) is 0 Å². The molecule has 1 rings (SSSR count). The Hall–Kier alpha value is -1.71. The Morgan fingerprint density at radius 1 is 1.26 bits per heavy atom. The average molecular weight is 265 g/mol. The first-order valence-corrected chi connectivity index (χ1v) is 6.84. The van der Waals surface area contributed by atoms with E-state index in [4.69, 9.17) is 0 Å². The second-order valence-electron chi connectivity index (χ2n) is 4.05. The van der Waals surface area contributed by atoms with Crippen LogP contribution in [0, 0.1) is 10.1 Å². The minimum atomic E-state index is -0.599. The number of nitro groups is 1. The lowest BCUT2D eigenvalue weighted by Crippen LogP contribution is -2.21. The van der Waals surface area contributed by atoms with E-state index in [2.05, 4.69) is 0 Å². The highest BCUT2D eigenvalue weighted by atomic mass is 16.6. The quantitative estimate of drug-likeness (QED) is 0.556. The van der Waals surface area contributed by atoms with Crippen molar-refractivity contribution in [3.05, 3.63) is 46.0 Å². The summed E-state index contributed by atoms with van der Waals surface area (Å²) in [7, 11) is 0. The van der Waals surface area contributed by atoms with E-state index >= 15 is 0 Å². The summed E-state index contributed by atoms with van der Waals surface area (Å²) in [5.41, 5.74) is 0.741. The van der Waals surface area contributed by atoms with E-state index < -0.39 is 10.8 Å². The summed E-state index contributed by atoms with van der Waals surface area (Å²) in [6.07, 6.45) is 2.13. The first-order chi connectivity index (χ1) is 9.15. The highest BCUT2D eigenvalue weighted by Crippen LogP contribution is 2.19. The number of hydrogen-bond acceptors (Lipinski definition) is 3. The van der Waals surface area contributed by atoms with Gasteiger partial charge >= 0.3 is 0 Å². The fourth-order valence-electron chi connectivity index (χ4n) is 1.75. The largest absolute Gasteiger partial charge is 0.299 e. The van der Waals surface area contributed by atoms with Crippen molar-refractivity contribution < 1.29 is 9.72 Å². The minimum Gasteiger partial charge on any atom is -0.299 e. The van der Waals surface area contributed by atoms with Gasteiger partial charge in [-0.1, -0.05) is 57.5 Å². The smallest absolute Gasteiger partial charge is 0.217 e. The molecule has 0 fully saturated rings. The molecule has 4 nitrogen and oxygen atoms in total. The van der Waals surface area contributed by atoms with E-state index in [-0.39, 0.29) is 12.3 Å². The van der Waals surface area contributed by atoms with Crippen LogP contribution in [-0.2, 0) is 4.79 Å². The molecule has 1 aromatic carbocycles. The summed E-state index contributed by atoms with van der Waals surface area (Å²) in [5.74, 6) is -0.632. The van der Waals surface area contributed by atoms with Gasteiger partial charge in [-0.2, -0.15) is 0 Å². The van der Waals surface area contributed by atoms with Gasteiger partial charge in [-0.3, -0.25) is 14.9 Å². The lowest BCUT2D eigenvalue weighted by molar-refractivity contribution is -0.481. The fourth-order valence-corrected chi connectivity index (χ4v) is 1.75. The molecule has 1 atom stereocenters. The van der Waals surface area contributed by atoms with Gasteiger partial charge in [-0.25, -0.2) is 0 Å². The fraction of sp³-hybridized carbons (Fsp3) is 0.533. The van der Waals surface area contributed by atoms with Crippen molar-refractivity contribution >= 4 is 5.78 Å². The third kappa shape index (κ3) is 6.70. The summed E-state index contributed by atoms with van der Waals surface area (Å²) in [4.78, 5) is 22.1. The molecular weight excluding hydrogens is 242 g/mol. The van der Waals surface area contributed by atoms with Crippen molar-refractivity contribution in [1.29, 1.82) is 0 Å². The van der Waals surface area contributed by atoms with Crippen LogP contribution in [0.3, 0.4) is 0 Å². The molecule has 0 heterocycles. The molecule has 0 aliphatic heterocycles. The van der Waals surface area contributed by atoms with Crippen LogP contribution in [0.25, 0.3) is 0 Å². The van der Waals surface area contributed by atoms with Crippen LogP contribution in [0.4, 0.5) is 0 Å². The number of carbonyl (C=O) groups is 1. The summed E-state index contributed by atoms with van der Waals surface area (Å²) in [6, 6.07) is 8.99. The molecule has 0 unspecified atom stereocenters. The van der Waals surface area contributed by atoms with Crippen molar-refractivity contribution in [2.45, 2.75) is 46.0 Å². The third-order valence-corrected chi connectivity index (χ3v) is 2.70. The second-order valence-corrected chi connectivity index (χ2v) is 4.05. The molecule has 19 heavy (non-hydrogen) atoms. The van der Waals surface area contributed by atoms with Crippen LogP contribution in [0.5, 0.6) is 0 Å². The molecule has 4 heteroatoms. The summed E-state index contributed by atoms with van der Waals surface area (Å²) in [5, 5.41) is 10.6. The van der Waals surface area contributed by atoms with Crippen LogP contribution in [0.1, 0.15) is 51.5 Å². The Bertz CT molecular complexity index is 376. The first-order valence-electron chi connectivity index (χ1n) is 6.84. The predicted octanol–water partition coefficient (Wildman–Crippen LogP) is 3.83. The van der Waals surface area contributed by atoms with Crippen LogP contribution < -0.4 is 0 Å². The topological polar surface area (TPSA) is 60.2 Å². The maximum Gasteiger partial charge on any atom is 0.217 e.